The van der Waals surface area contributed by atoms with Crippen LogP contribution < -0.4 is 0 Å². The van der Waals surface area contributed by atoms with E-state index in [4.69, 9.17) is 16.7 Å². The molecule has 0 spiro atoms. The molecular formula is C10H12BrClN2O2. The second-order valence-corrected chi connectivity index (χ2v) is 4.71. The largest absolute Gasteiger partial charge is 0.394 e. The zero-order valence-corrected chi connectivity index (χ0v) is 11.3. The summed E-state index contributed by atoms with van der Waals surface area (Å²) >= 11 is 9.07. The van der Waals surface area contributed by atoms with Gasteiger partial charge in [-0.25, -0.2) is 4.98 Å². The summed E-state index contributed by atoms with van der Waals surface area (Å²) in [4.78, 5) is 17.3. The van der Waals surface area contributed by atoms with Crippen LogP contribution in [-0.4, -0.2) is 40.6 Å². The van der Waals surface area contributed by atoms with Crippen LogP contribution in [0, 0.1) is 0 Å². The molecule has 1 aromatic rings. The Morgan fingerprint density at radius 3 is 2.94 bits per heavy atom. The molecule has 0 aliphatic rings. The number of aliphatic hydroxyl groups is 1. The Bertz CT molecular complexity index is 400. The summed E-state index contributed by atoms with van der Waals surface area (Å²) in [5, 5.41) is 9.13. The van der Waals surface area contributed by atoms with Gasteiger partial charge in [-0.3, -0.25) is 4.79 Å². The van der Waals surface area contributed by atoms with E-state index in [9.17, 15) is 4.79 Å². The van der Waals surface area contributed by atoms with Crippen molar-refractivity contribution in [1.82, 2.24) is 9.88 Å². The predicted octanol–water partition coefficient (Wildman–Crippen LogP) is 1.95. The molecule has 0 aliphatic heterocycles. The van der Waals surface area contributed by atoms with Crippen LogP contribution in [0.1, 0.15) is 17.3 Å². The van der Waals surface area contributed by atoms with Gasteiger partial charge in [0.2, 0.25) is 0 Å². The highest BCUT2D eigenvalue weighted by molar-refractivity contribution is 9.10. The first-order chi connectivity index (χ1) is 7.47. The van der Waals surface area contributed by atoms with Gasteiger partial charge >= 0.3 is 0 Å². The molecule has 1 atom stereocenters. The number of hydrogen-bond donors (Lipinski definition) is 1. The molecule has 88 valence electrons. The van der Waals surface area contributed by atoms with Crippen LogP contribution in [0.4, 0.5) is 0 Å². The number of aliphatic hydroxyl groups excluding tert-OH is 1. The zero-order chi connectivity index (χ0) is 12.3. The summed E-state index contributed by atoms with van der Waals surface area (Å²) in [5.74, 6) is -0.264. The Labute approximate surface area is 107 Å². The third kappa shape index (κ3) is 2.93. The average Bonchev–Trinajstić information content (AvgIpc) is 2.29. The van der Waals surface area contributed by atoms with E-state index in [1.54, 1.807) is 20.0 Å². The first-order valence-corrected chi connectivity index (χ1v) is 5.83. The lowest BCUT2D eigenvalue weighted by atomic mass is 10.2. The van der Waals surface area contributed by atoms with E-state index in [0.717, 1.165) is 0 Å². The maximum absolute atomic E-state index is 12.0. The minimum absolute atomic E-state index is 0.0959. The summed E-state index contributed by atoms with van der Waals surface area (Å²) < 4.78 is 0.685. The van der Waals surface area contributed by atoms with Gasteiger partial charge in [-0.15, -0.1) is 0 Å². The molecule has 0 fully saturated rings. The minimum Gasteiger partial charge on any atom is -0.394 e. The van der Waals surface area contributed by atoms with Gasteiger partial charge in [0, 0.05) is 17.7 Å². The number of halogens is 2. The second-order valence-electron chi connectivity index (χ2n) is 3.44. The van der Waals surface area contributed by atoms with Crippen molar-refractivity contribution in [2.75, 3.05) is 13.7 Å². The van der Waals surface area contributed by atoms with Gasteiger partial charge in [0.1, 0.15) is 5.15 Å². The Balaban J connectivity index is 3.00. The molecule has 0 saturated heterocycles. The zero-order valence-electron chi connectivity index (χ0n) is 8.94. The topological polar surface area (TPSA) is 53.4 Å². The summed E-state index contributed by atoms with van der Waals surface area (Å²) in [6, 6.07) is 1.35. The lowest BCUT2D eigenvalue weighted by molar-refractivity contribution is 0.0682. The van der Waals surface area contributed by atoms with Gasteiger partial charge in [-0.2, -0.15) is 0 Å². The fraction of sp³-hybridized carbons (Fsp3) is 0.400. The van der Waals surface area contributed by atoms with Crippen molar-refractivity contribution in [3.8, 4) is 0 Å². The Hall–Kier alpha value is -0.650. The van der Waals surface area contributed by atoms with Crippen molar-refractivity contribution in [2.45, 2.75) is 13.0 Å². The second kappa shape index (κ2) is 5.61. The molecule has 16 heavy (non-hydrogen) atoms. The van der Waals surface area contributed by atoms with Crippen LogP contribution in [-0.2, 0) is 0 Å². The first kappa shape index (κ1) is 13.4. The van der Waals surface area contributed by atoms with E-state index >= 15 is 0 Å². The Morgan fingerprint density at radius 2 is 2.38 bits per heavy atom. The number of carbonyl (C=O) groups is 1. The fourth-order valence-corrected chi connectivity index (χ4v) is 1.60. The number of hydrogen-bond acceptors (Lipinski definition) is 3. The standard InChI is InChI=1S/C10H12BrClN2O2/c1-6(5-15)14(2)10(16)8-3-7(11)4-13-9(8)12/h3-4,6,15H,5H2,1-2H3. The highest BCUT2D eigenvalue weighted by Crippen LogP contribution is 2.19. The van der Waals surface area contributed by atoms with Crippen molar-refractivity contribution in [2.24, 2.45) is 0 Å². The molecule has 0 aromatic carbocycles. The highest BCUT2D eigenvalue weighted by Gasteiger charge is 2.20. The number of rotatable bonds is 3. The number of amides is 1. The number of nitrogens with zero attached hydrogens (tertiary/aromatic N) is 2. The van der Waals surface area contributed by atoms with E-state index in [2.05, 4.69) is 20.9 Å². The summed E-state index contributed by atoms with van der Waals surface area (Å²) in [6.45, 7) is 1.65. The normalized spacial score (nSPS) is 12.3. The third-order valence-electron chi connectivity index (χ3n) is 2.28. The van der Waals surface area contributed by atoms with Crippen molar-refractivity contribution in [1.29, 1.82) is 0 Å². The van der Waals surface area contributed by atoms with Crippen LogP contribution in [0.3, 0.4) is 0 Å². The Kier molecular flexibility index (Phi) is 4.70. The number of carbonyl (C=O) groups excluding carboxylic acids is 1. The van der Waals surface area contributed by atoms with Crippen LogP contribution in [0.2, 0.25) is 5.15 Å². The molecule has 1 aromatic heterocycles. The van der Waals surface area contributed by atoms with Gasteiger partial charge in [0.15, 0.2) is 0 Å². The first-order valence-electron chi connectivity index (χ1n) is 4.66. The summed E-state index contributed by atoms with van der Waals surface area (Å²) in [7, 11) is 1.61. The lowest BCUT2D eigenvalue weighted by Crippen LogP contribution is -2.37. The molecule has 1 N–H and O–H groups in total. The third-order valence-corrected chi connectivity index (χ3v) is 3.02. The molecule has 1 unspecified atom stereocenters. The highest BCUT2D eigenvalue weighted by atomic mass is 79.9. The molecular weight excluding hydrogens is 295 g/mol. The van der Waals surface area contributed by atoms with Crippen molar-refractivity contribution >= 4 is 33.4 Å². The molecule has 0 aliphatic carbocycles. The number of aromatic nitrogens is 1. The van der Waals surface area contributed by atoms with E-state index in [1.165, 1.54) is 11.1 Å². The number of pyridine rings is 1. The smallest absolute Gasteiger partial charge is 0.257 e. The molecule has 0 saturated carbocycles. The quantitative estimate of drug-likeness (QED) is 0.869. The molecule has 0 bridgehead atoms. The molecule has 1 amide bonds. The predicted molar refractivity (Wildman–Crippen MR) is 65.6 cm³/mol. The SMILES string of the molecule is CC(CO)N(C)C(=O)c1cc(Br)cnc1Cl. The van der Waals surface area contributed by atoms with Crippen molar-refractivity contribution < 1.29 is 9.90 Å². The van der Waals surface area contributed by atoms with Crippen LogP contribution in [0.5, 0.6) is 0 Å². The summed E-state index contributed by atoms with van der Waals surface area (Å²) in [6.07, 6.45) is 1.52. The molecule has 1 rings (SSSR count). The molecule has 4 nitrogen and oxygen atoms in total. The van der Waals surface area contributed by atoms with E-state index in [1.807, 2.05) is 0 Å². The summed E-state index contributed by atoms with van der Waals surface area (Å²) in [5.41, 5.74) is 0.318. The lowest BCUT2D eigenvalue weighted by Gasteiger charge is -2.23. The van der Waals surface area contributed by atoms with Gasteiger partial charge < -0.3 is 10.0 Å². The van der Waals surface area contributed by atoms with E-state index < -0.39 is 0 Å². The molecule has 1 heterocycles. The van der Waals surface area contributed by atoms with E-state index in [0.29, 0.717) is 10.0 Å². The van der Waals surface area contributed by atoms with Crippen molar-refractivity contribution in [3.63, 3.8) is 0 Å². The van der Waals surface area contributed by atoms with Gasteiger partial charge in [-0.1, -0.05) is 11.6 Å². The maximum Gasteiger partial charge on any atom is 0.257 e. The maximum atomic E-state index is 12.0. The monoisotopic (exact) mass is 306 g/mol. The molecule has 6 heteroatoms. The van der Waals surface area contributed by atoms with E-state index in [-0.39, 0.29) is 23.7 Å². The fourth-order valence-electron chi connectivity index (χ4n) is 1.09. The number of likely N-dealkylation sites (N-methyl/N-ethyl adjacent to an activating group) is 1. The minimum atomic E-state index is -0.264. The van der Waals surface area contributed by atoms with Gasteiger partial charge in [-0.05, 0) is 28.9 Å². The van der Waals surface area contributed by atoms with Gasteiger partial charge in [0.25, 0.3) is 5.91 Å². The van der Waals surface area contributed by atoms with Gasteiger partial charge in [0.05, 0.1) is 18.2 Å². The van der Waals surface area contributed by atoms with Crippen LogP contribution in [0.15, 0.2) is 16.7 Å². The van der Waals surface area contributed by atoms with Crippen LogP contribution >= 0.6 is 27.5 Å². The van der Waals surface area contributed by atoms with Crippen LogP contribution in [0.25, 0.3) is 0 Å². The molecule has 0 radical (unpaired) electrons. The van der Waals surface area contributed by atoms with Crippen molar-refractivity contribution in [3.05, 3.63) is 27.5 Å². The average molecular weight is 308 g/mol. The Morgan fingerprint density at radius 1 is 1.75 bits per heavy atom.